The van der Waals surface area contributed by atoms with Gasteiger partial charge >= 0.3 is 0 Å². The number of ketones is 2. The fraction of sp³-hybridized carbons (Fsp3) is 0.105. The number of Topliss-reactive ketones (excluding diaryl/α,β-unsaturated/α-hetero) is 1. The molecule has 2 aromatic carbocycles. The maximum Gasteiger partial charge on any atom is 0.196 e. The molecule has 3 rings (SSSR count). The van der Waals surface area contributed by atoms with Crippen molar-refractivity contribution in [1.29, 1.82) is 0 Å². The van der Waals surface area contributed by atoms with E-state index in [-0.39, 0.29) is 28.6 Å². The maximum atomic E-state index is 13.1. The molecule has 6 heteroatoms. The summed E-state index contributed by atoms with van der Waals surface area (Å²) in [4.78, 5) is 24.7. The molecule has 0 amide bonds. The summed E-state index contributed by atoms with van der Waals surface area (Å²) in [6.07, 6.45) is 1.48. The Morgan fingerprint density at radius 3 is 2.24 bits per heavy atom. The van der Waals surface area contributed by atoms with Gasteiger partial charge in [0.1, 0.15) is 17.3 Å². The zero-order chi connectivity index (χ0) is 18.0. The summed E-state index contributed by atoms with van der Waals surface area (Å²) >= 11 is 0. The molecule has 0 N–H and O–H groups in total. The predicted molar refractivity (Wildman–Crippen MR) is 90.0 cm³/mol. The average Bonchev–Trinajstić information content (AvgIpc) is 3.07. The van der Waals surface area contributed by atoms with Crippen LogP contribution in [0.3, 0.4) is 0 Å². The van der Waals surface area contributed by atoms with E-state index in [1.165, 1.54) is 49.2 Å². The maximum absolute atomic E-state index is 13.1. The Kier molecular flexibility index (Phi) is 4.43. The number of nitrogens with zero attached hydrogens (tertiary/aromatic N) is 2. The Labute approximate surface area is 143 Å². The molecule has 0 aliphatic heterocycles. The number of halogens is 1. The van der Waals surface area contributed by atoms with Crippen LogP contribution in [0.2, 0.25) is 0 Å². The number of hydrogen-bond acceptors (Lipinski definition) is 4. The summed E-state index contributed by atoms with van der Waals surface area (Å²) in [6, 6.07) is 12.2. The minimum Gasteiger partial charge on any atom is -0.497 e. The first kappa shape index (κ1) is 16.6. The molecule has 0 spiro atoms. The van der Waals surface area contributed by atoms with E-state index >= 15 is 0 Å². The molecule has 126 valence electrons. The molecule has 0 unspecified atom stereocenters. The summed E-state index contributed by atoms with van der Waals surface area (Å²) in [7, 11) is 1.54. The van der Waals surface area contributed by atoms with Crippen molar-refractivity contribution >= 4 is 11.6 Å². The van der Waals surface area contributed by atoms with Crippen LogP contribution in [0.25, 0.3) is 5.69 Å². The van der Waals surface area contributed by atoms with Gasteiger partial charge in [-0.2, -0.15) is 5.10 Å². The molecule has 25 heavy (non-hydrogen) atoms. The Hall–Kier alpha value is -3.28. The van der Waals surface area contributed by atoms with Gasteiger partial charge in [0.15, 0.2) is 11.6 Å². The van der Waals surface area contributed by atoms with E-state index in [2.05, 4.69) is 5.10 Å². The fourth-order valence-corrected chi connectivity index (χ4v) is 2.42. The average molecular weight is 338 g/mol. The number of rotatable bonds is 5. The van der Waals surface area contributed by atoms with Crippen molar-refractivity contribution in [2.24, 2.45) is 0 Å². The molecule has 5 nitrogen and oxygen atoms in total. The predicted octanol–water partition coefficient (Wildman–Crippen LogP) is 3.45. The van der Waals surface area contributed by atoms with Crippen molar-refractivity contribution in [3.8, 4) is 11.4 Å². The number of methoxy groups -OCH3 is 1. The quantitative estimate of drug-likeness (QED) is 0.669. The van der Waals surface area contributed by atoms with E-state index in [9.17, 15) is 14.0 Å². The first-order chi connectivity index (χ1) is 12.0. The minimum absolute atomic E-state index is 0.0742. The molecular weight excluding hydrogens is 323 g/mol. The smallest absolute Gasteiger partial charge is 0.196 e. The van der Waals surface area contributed by atoms with Gasteiger partial charge in [-0.3, -0.25) is 9.59 Å². The molecule has 0 bridgehead atoms. The fourth-order valence-electron chi connectivity index (χ4n) is 2.42. The standard InChI is InChI=1S/C19H15FN2O3/c1-12(23)18-17(19(24)13-3-9-16(25-2)10-4-13)11-22(21-18)15-7-5-14(20)6-8-15/h3-11H,1-2H3. The molecule has 0 aliphatic carbocycles. The molecule has 0 atom stereocenters. The van der Waals surface area contributed by atoms with Gasteiger partial charge in [-0.15, -0.1) is 0 Å². The molecule has 0 saturated heterocycles. The highest BCUT2D eigenvalue weighted by Gasteiger charge is 2.21. The van der Waals surface area contributed by atoms with Crippen molar-refractivity contribution in [2.45, 2.75) is 6.92 Å². The number of benzene rings is 2. The van der Waals surface area contributed by atoms with Gasteiger partial charge < -0.3 is 4.74 Å². The van der Waals surface area contributed by atoms with Crippen molar-refractivity contribution in [2.75, 3.05) is 7.11 Å². The second-order valence-corrected chi connectivity index (χ2v) is 5.43. The van der Waals surface area contributed by atoms with E-state index in [0.717, 1.165) is 0 Å². The lowest BCUT2D eigenvalue weighted by Crippen LogP contribution is -2.06. The third-order valence-electron chi connectivity index (χ3n) is 3.74. The minimum atomic E-state index is -0.378. The normalized spacial score (nSPS) is 10.5. The summed E-state index contributed by atoms with van der Waals surface area (Å²) < 4.78 is 19.5. The van der Waals surface area contributed by atoms with E-state index < -0.39 is 0 Å². The lowest BCUT2D eigenvalue weighted by Gasteiger charge is -2.02. The number of aromatic nitrogens is 2. The van der Waals surface area contributed by atoms with Gasteiger partial charge in [0, 0.05) is 18.7 Å². The highest BCUT2D eigenvalue weighted by atomic mass is 19.1. The van der Waals surface area contributed by atoms with E-state index in [4.69, 9.17) is 4.74 Å². The molecular formula is C19H15FN2O3. The topological polar surface area (TPSA) is 61.2 Å². The van der Waals surface area contributed by atoms with Crippen LogP contribution in [-0.4, -0.2) is 28.5 Å². The van der Waals surface area contributed by atoms with Crippen LogP contribution in [0.4, 0.5) is 4.39 Å². The Morgan fingerprint density at radius 1 is 1.04 bits per heavy atom. The van der Waals surface area contributed by atoms with Gasteiger partial charge in [0.2, 0.25) is 0 Å². The second-order valence-electron chi connectivity index (χ2n) is 5.43. The zero-order valence-corrected chi connectivity index (χ0v) is 13.7. The van der Waals surface area contributed by atoms with Crippen LogP contribution in [0.5, 0.6) is 5.75 Å². The third-order valence-corrected chi connectivity index (χ3v) is 3.74. The summed E-state index contributed by atoms with van der Waals surface area (Å²) in [5.74, 6) is -0.387. The van der Waals surface area contributed by atoms with Gasteiger partial charge in [0.25, 0.3) is 0 Å². The third kappa shape index (κ3) is 3.33. The Bertz CT molecular complexity index is 928. The highest BCUT2D eigenvalue weighted by Crippen LogP contribution is 2.19. The van der Waals surface area contributed by atoms with E-state index in [1.807, 2.05) is 0 Å². The summed E-state index contributed by atoms with van der Waals surface area (Å²) in [6.45, 7) is 1.35. The van der Waals surface area contributed by atoms with Gasteiger partial charge in [-0.1, -0.05) is 0 Å². The van der Waals surface area contributed by atoms with Crippen molar-refractivity contribution < 1.29 is 18.7 Å². The molecule has 0 aliphatic rings. The van der Waals surface area contributed by atoms with Crippen LogP contribution >= 0.6 is 0 Å². The Balaban J connectivity index is 2.03. The zero-order valence-electron chi connectivity index (χ0n) is 13.7. The number of carbonyl (C=O) groups excluding carboxylic acids is 2. The molecule has 0 fully saturated rings. The number of hydrogen-bond donors (Lipinski definition) is 0. The molecule has 0 saturated carbocycles. The van der Waals surface area contributed by atoms with Crippen LogP contribution in [0.1, 0.15) is 33.3 Å². The van der Waals surface area contributed by atoms with Crippen molar-refractivity contribution in [1.82, 2.24) is 9.78 Å². The van der Waals surface area contributed by atoms with Gasteiger partial charge in [0.05, 0.1) is 18.4 Å². The second kappa shape index (κ2) is 6.68. The van der Waals surface area contributed by atoms with Crippen LogP contribution in [0.15, 0.2) is 54.7 Å². The van der Waals surface area contributed by atoms with E-state index in [0.29, 0.717) is 17.0 Å². The lowest BCUT2D eigenvalue weighted by atomic mass is 10.0. The summed E-state index contributed by atoms with van der Waals surface area (Å²) in [5, 5.41) is 4.19. The van der Waals surface area contributed by atoms with Gasteiger partial charge in [-0.05, 0) is 48.5 Å². The first-order valence-electron chi connectivity index (χ1n) is 7.55. The van der Waals surface area contributed by atoms with Crippen LogP contribution in [-0.2, 0) is 0 Å². The van der Waals surface area contributed by atoms with E-state index in [1.54, 1.807) is 24.3 Å². The number of ether oxygens (including phenoxy) is 1. The van der Waals surface area contributed by atoms with Crippen LogP contribution < -0.4 is 4.74 Å². The summed E-state index contributed by atoms with van der Waals surface area (Å²) in [5.41, 5.74) is 1.24. The SMILES string of the molecule is COc1ccc(C(=O)c2cn(-c3ccc(F)cc3)nc2C(C)=O)cc1. The van der Waals surface area contributed by atoms with Gasteiger partial charge in [-0.25, -0.2) is 9.07 Å². The molecule has 3 aromatic rings. The molecule has 1 aromatic heterocycles. The highest BCUT2D eigenvalue weighted by molar-refractivity contribution is 6.14. The Morgan fingerprint density at radius 2 is 1.68 bits per heavy atom. The number of carbonyl (C=O) groups is 2. The largest absolute Gasteiger partial charge is 0.497 e. The van der Waals surface area contributed by atoms with Crippen molar-refractivity contribution in [3.05, 3.63) is 77.4 Å². The molecule has 1 heterocycles. The first-order valence-corrected chi connectivity index (χ1v) is 7.55. The van der Waals surface area contributed by atoms with Crippen LogP contribution in [0, 0.1) is 5.82 Å². The lowest BCUT2D eigenvalue weighted by molar-refractivity contribution is 0.0987. The monoisotopic (exact) mass is 338 g/mol. The van der Waals surface area contributed by atoms with Crippen molar-refractivity contribution in [3.63, 3.8) is 0 Å². The molecule has 0 radical (unpaired) electrons.